The zero-order valence-electron chi connectivity index (χ0n) is 11.6. The Labute approximate surface area is 132 Å². The normalized spacial score (nSPS) is 11.7. The molecule has 0 saturated carbocycles. The molecule has 20 heavy (non-hydrogen) atoms. The summed E-state index contributed by atoms with van der Waals surface area (Å²) in [5, 5.41) is 3.13. The van der Waals surface area contributed by atoms with E-state index in [1.807, 2.05) is 12.1 Å². The number of hydrogen-bond acceptors (Lipinski definition) is 2. The molecule has 5 heteroatoms. The summed E-state index contributed by atoms with van der Waals surface area (Å²) in [7, 11) is 0. The largest absolute Gasteiger partial charge is 0.369 e. The first-order valence-electron chi connectivity index (χ1n) is 6.60. The smallest absolute Gasteiger partial charge is 0.198 e. The molecular weight excluding hydrogens is 334 g/mol. The van der Waals surface area contributed by atoms with Gasteiger partial charge in [0.2, 0.25) is 0 Å². The molecule has 0 aliphatic carbocycles. The van der Waals surface area contributed by atoms with Crippen molar-refractivity contribution in [1.82, 2.24) is 0 Å². The van der Waals surface area contributed by atoms with Crippen LogP contribution in [0.4, 0.5) is 11.4 Å². The molecule has 1 heterocycles. The first-order chi connectivity index (χ1) is 9.62. The summed E-state index contributed by atoms with van der Waals surface area (Å²) in [6.45, 7) is 4.26. The number of nitrogens with one attached hydrogen (secondary N) is 1. The van der Waals surface area contributed by atoms with E-state index in [0.29, 0.717) is 5.96 Å². The fourth-order valence-electron chi connectivity index (χ4n) is 1.83. The van der Waals surface area contributed by atoms with Crippen LogP contribution in [0.5, 0.6) is 0 Å². The Bertz CT molecular complexity index is 619. The molecule has 0 bridgehead atoms. The van der Waals surface area contributed by atoms with Gasteiger partial charge in [-0.1, -0.05) is 26.0 Å². The predicted octanol–water partition coefficient (Wildman–Crippen LogP) is 4.69. The second-order valence-electron chi connectivity index (χ2n) is 4.40. The van der Waals surface area contributed by atoms with Crippen LogP contribution in [0.1, 0.15) is 24.3 Å². The van der Waals surface area contributed by atoms with Gasteiger partial charge in [-0.05, 0) is 52.5 Å². The molecule has 3 N–H and O–H groups in total. The first-order valence-corrected chi connectivity index (χ1v) is 8.21. The first kappa shape index (κ1) is 15.1. The van der Waals surface area contributed by atoms with E-state index in [1.165, 1.54) is 10.4 Å². The number of guanidine groups is 1. The molecule has 0 aliphatic heterocycles. The van der Waals surface area contributed by atoms with Gasteiger partial charge in [-0.15, -0.1) is 11.3 Å². The number of nitrogens with zero attached hydrogens (tertiary/aromatic N) is 1. The summed E-state index contributed by atoms with van der Waals surface area (Å²) in [6.07, 6.45) is 2.01. The van der Waals surface area contributed by atoms with Crippen molar-refractivity contribution in [3.05, 3.63) is 44.6 Å². The lowest BCUT2D eigenvalue weighted by Gasteiger charge is -2.06. The predicted molar refractivity (Wildman–Crippen MR) is 92.1 cm³/mol. The Hall–Kier alpha value is -1.33. The van der Waals surface area contributed by atoms with E-state index in [1.54, 1.807) is 11.3 Å². The van der Waals surface area contributed by atoms with Crippen molar-refractivity contribution >= 4 is 44.6 Å². The van der Waals surface area contributed by atoms with E-state index in [4.69, 9.17) is 5.73 Å². The quantitative estimate of drug-likeness (QED) is 0.619. The maximum absolute atomic E-state index is 5.97. The van der Waals surface area contributed by atoms with Gasteiger partial charge in [0.1, 0.15) is 0 Å². The number of aliphatic imine (C=N–C) groups is 1. The van der Waals surface area contributed by atoms with Crippen molar-refractivity contribution in [3.8, 4) is 0 Å². The van der Waals surface area contributed by atoms with Crippen molar-refractivity contribution in [1.29, 1.82) is 0 Å². The highest BCUT2D eigenvalue weighted by molar-refractivity contribution is 9.11. The summed E-state index contributed by atoms with van der Waals surface area (Å²) >= 11 is 5.22. The van der Waals surface area contributed by atoms with Crippen LogP contribution in [-0.2, 0) is 12.8 Å². The minimum absolute atomic E-state index is 0.402. The molecule has 0 amide bonds. The summed E-state index contributed by atoms with van der Waals surface area (Å²) in [5.41, 5.74) is 9.09. The number of anilines is 1. The minimum Gasteiger partial charge on any atom is -0.369 e. The monoisotopic (exact) mass is 351 g/mol. The van der Waals surface area contributed by atoms with Crippen molar-refractivity contribution in [3.63, 3.8) is 0 Å². The van der Waals surface area contributed by atoms with Crippen LogP contribution in [0.3, 0.4) is 0 Å². The van der Waals surface area contributed by atoms with Crippen LogP contribution in [-0.4, -0.2) is 5.96 Å². The lowest BCUT2D eigenvalue weighted by atomic mass is 10.1. The summed E-state index contributed by atoms with van der Waals surface area (Å²) in [6, 6.07) is 10.3. The summed E-state index contributed by atoms with van der Waals surface area (Å²) in [5.74, 6) is 0.402. The van der Waals surface area contributed by atoms with Gasteiger partial charge in [0.05, 0.1) is 9.47 Å². The number of nitrogens with two attached hydrogens (primary N) is 1. The van der Waals surface area contributed by atoms with Gasteiger partial charge >= 0.3 is 0 Å². The van der Waals surface area contributed by atoms with E-state index in [0.717, 1.165) is 28.0 Å². The standard InChI is InChI=1S/C15H18BrN3S/c1-3-10-6-5-7-11(8-10)18-15(17)19-13-9-12(4-2)20-14(13)16/h5-9H,3-4H2,1-2H3,(H3,17,18,19). The summed E-state index contributed by atoms with van der Waals surface area (Å²) in [4.78, 5) is 5.71. The van der Waals surface area contributed by atoms with Crippen LogP contribution in [0, 0.1) is 0 Å². The average molecular weight is 352 g/mol. The lowest BCUT2D eigenvalue weighted by Crippen LogP contribution is -2.21. The number of rotatable bonds is 4. The van der Waals surface area contributed by atoms with Gasteiger partial charge in [-0.3, -0.25) is 0 Å². The molecule has 0 aliphatic rings. The molecule has 0 unspecified atom stereocenters. The highest BCUT2D eigenvalue weighted by Crippen LogP contribution is 2.35. The molecule has 106 valence electrons. The van der Waals surface area contributed by atoms with Crippen LogP contribution in [0.15, 0.2) is 39.1 Å². The Balaban J connectivity index is 2.15. The maximum Gasteiger partial charge on any atom is 0.198 e. The second-order valence-corrected chi connectivity index (χ2v) is 6.86. The molecular formula is C15H18BrN3S. The zero-order valence-corrected chi connectivity index (χ0v) is 14.0. The van der Waals surface area contributed by atoms with Crippen LogP contribution >= 0.6 is 27.3 Å². The molecule has 0 radical (unpaired) electrons. The Morgan fingerprint density at radius 2 is 2.10 bits per heavy atom. The van der Waals surface area contributed by atoms with Gasteiger partial charge in [-0.25, -0.2) is 4.99 Å². The third-order valence-electron chi connectivity index (χ3n) is 2.92. The molecule has 0 atom stereocenters. The van der Waals surface area contributed by atoms with Gasteiger partial charge in [-0.2, -0.15) is 0 Å². The number of aryl methyl sites for hydroxylation is 2. The molecule has 1 aromatic heterocycles. The number of halogens is 1. The average Bonchev–Trinajstić information content (AvgIpc) is 2.79. The highest BCUT2D eigenvalue weighted by Gasteiger charge is 2.05. The number of benzene rings is 1. The van der Waals surface area contributed by atoms with Gasteiger partial charge in [0, 0.05) is 10.6 Å². The molecule has 0 spiro atoms. The van der Waals surface area contributed by atoms with Crippen molar-refractivity contribution in [2.75, 3.05) is 5.32 Å². The van der Waals surface area contributed by atoms with Crippen molar-refractivity contribution in [2.45, 2.75) is 26.7 Å². The molecule has 1 aromatic carbocycles. The molecule has 0 fully saturated rings. The lowest BCUT2D eigenvalue weighted by molar-refractivity contribution is 1.14. The molecule has 2 rings (SSSR count). The maximum atomic E-state index is 5.97. The Morgan fingerprint density at radius 1 is 1.30 bits per heavy atom. The van der Waals surface area contributed by atoms with E-state index < -0.39 is 0 Å². The Kier molecular flexibility index (Phi) is 5.20. The fourth-order valence-corrected chi connectivity index (χ4v) is 3.41. The van der Waals surface area contributed by atoms with Crippen LogP contribution < -0.4 is 11.1 Å². The number of hydrogen-bond donors (Lipinski definition) is 2. The van der Waals surface area contributed by atoms with Gasteiger partial charge < -0.3 is 11.1 Å². The van der Waals surface area contributed by atoms with Crippen LogP contribution in [0.25, 0.3) is 0 Å². The zero-order chi connectivity index (χ0) is 14.5. The van der Waals surface area contributed by atoms with Crippen molar-refractivity contribution in [2.24, 2.45) is 10.7 Å². The topological polar surface area (TPSA) is 50.4 Å². The number of thiophene rings is 1. The van der Waals surface area contributed by atoms with E-state index in [-0.39, 0.29) is 0 Å². The fraction of sp³-hybridized carbons (Fsp3) is 0.267. The molecule has 2 aromatic rings. The molecule has 3 nitrogen and oxygen atoms in total. The highest BCUT2D eigenvalue weighted by atomic mass is 79.9. The van der Waals surface area contributed by atoms with Crippen molar-refractivity contribution < 1.29 is 0 Å². The van der Waals surface area contributed by atoms with Gasteiger partial charge in [0.25, 0.3) is 0 Å². The second kappa shape index (κ2) is 6.90. The molecule has 0 saturated heterocycles. The van der Waals surface area contributed by atoms with E-state index in [9.17, 15) is 0 Å². The third kappa shape index (κ3) is 3.84. The van der Waals surface area contributed by atoms with Crippen LogP contribution in [0.2, 0.25) is 0 Å². The van der Waals surface area contributed by atoms with Gasteiger partial charge in [0.15, 0.2) is 5.96 Å². The summed E-state index contributed by atoms with van der Waals surface area (Å²) < 4.78 is 1.02. The minimum atomic E-state index is 0.402. The third-order valence-corrected chi connectivity index (χ3v) is 4.87. The Morgan fingerprint density at radius 3 is 2.75 bits per heavy atom. The van der Waals surface area contributed by atoms with E-state index >= 15 is 0 Å². The SMILES string of the molecule is CCc1cccc(NC(N)=Nc2cc(CC)sc2Br)c1. The van der Waals surface area contributed by atoms with E-state index in [2.05, 4.69) is 58.3 Å².